The molecule has 8 nitrogen and oxygen atoms in total. The highest BCUT2D eigenvalue weighted by Gasteiger charge is 2.37. The van der Waals surface area contributed by atoms with Crippen molar-refractivity contribution in [2.24, 2.45) is 11.7 Å². The zero-order valence-electron chi connectivity index (χ0n) is 16.4. The van der Waals surface area contributed by atoms with Gasteiger partial charge in [0.2, 0.25) is 0 Å². The number of halogens is 2. The van der Waals surface area contributed by atoms with Gasteiger partial charge in [0.05, 0.1) is 11.6 Å². The van der Waals surface area contributed by atoms with Crippen LogP contribution >= 0.6 is 23.2 Å². The summed E-state index contributed by atoms with van der Waals surface area (Å²) in [7, 11) is 0. The Kier molecular flexibility index (Phi) is 7.25. The molecule has 0 radical (unpaired) electrons. The second-order valence-electron chi connectivity index (χ2n) is 7.15. The molecule has 0 spiro atoms. The molecule has 4 N–H and O–H groups in total. The maximum absolute atomic E-state index is 12.7. The lowest BCUT2D eigenvalue weighted by atomic mass is 9.80. The number of likely N-dealkylation sites (tertiary alicyclic amines) is 1. The van der Waals surface area contributed by atoms with Gasteiger partial charge in [-0.05, 0) is 42.3 Å². The summed E-state index contributed by atoms with van der Waals surface area (Å²) in [5.74, 6) is -2.07. The molecule has 0 aliphatic carbocycles. The van der Waals surface area contributed by atoms with E-state index in [0.29, 0.717) is 23.0 Å². The summed E-state index contributed by atoms with van der Waals surface area (Å²) < 4.78 is 5.55. The molecule has 0 aromatic heterocycles. The first-order valence-corrected chi connectivity index (χ1v) is 10.2. The van der Waals surface area contributed by atoms with Crippen molar-refractivity contribution < 1.29 is 24.2 Å². The first-order valence-electron chi connectivity index (χ1n) is 9.49. The first-order chi connectivity index (χ1) is 14.7. The molecule has 1 heterocycles. The Morgan fingerprint density at radius 1 is 1.13 bits per heavy atom. The Hall–Kier alpha value is -2.97. The summed E-state index contributed by atoms with van der Waals surface area (Å²) in [6.45, 7) is 0.136. The van der Waals surface area contributed by atoms with Crippen LogP contribution in [0.15, 0.2) is 42.5 Å². The number of hydrogen-bond acceptors (Lipinski definition) is 4. The molecule has 1 saturated heterocycles. The number of nitrogens with two attached hydrogens (primary N) is 1. The van der Waals surface area contributed by atoms with Gasteiger partial charge >= 0.3 is 12.0 Å². The number of aliphatic carboxylic acids is 1. The first kappa shape index (κ1) is 22.7. The van der Waals surface area contributed by atoms with E-state index in [1.165, 1.54) is 17.0 Å². The number of primary amides is 1. The molecule has 0 saturated carbocycles. The van der Waals surface area contributed by atoms with Gasteiger partial charge in [0.25, 0.3) is 5.91 Å². The van der Waals surface area contributed by atoms with Crippen molar-refractivity contribution in [3.63, 3.8) is 0 Å². The lowest BCUT2D eigenvalue weighted by molar-refractivity contribution is -0.147. The predicted octanol–water partition coefficient (Wildman–Crippen LogP) is 3.58. The van der Waals surface area contributed by atoms with Gasteiger partial charge in [0, 0.05) is 29.1 Å². The Labute approximate surface area is 188 Å². The Morgan fingerprint density at radius 2 is 1.81 bits per heavy atom. The predicted molar refractivity (Wildman–Crippen MR) is 117 cm³/mol. The monoisotopic (exact) mass is 465 g/mol. The van der Waals surface area contributed by atoms with Crippen molar-refractivity contribution in [2.75, 3.05) is 25.0 Å². The summed E-state index contributed by atoms with van der Waals surface area (Å²) in [6.07, 6.45) is 0.500. The number of nitrogens with zero attached hydrogens (tertiary/aromatic N) is 1. The van der Waals surface area contributed by atoms with E-state index in [4.69, 9.17) is 33.7 Å². The second kappa shape index (κ2) is 9.89. The number of hydrogen-bond donors (Lipinski definition) is 3. The number of benzene rings is 2. The SMILES string of the molecule is NC(=O)Nc1cc(Cl)ccc1OCC(=O)N1CCC(c2ccc(Cl)cc2)C(C(=O)O)C1. The number of piperidine rings is 1. The number of carbonyl (C=O) groups is 3. The van der Waals surface area contributed by atoms with Crippen molar-refractivity contribution in [1.82, 2.24) is 4.90 Å². The summed E-state index contributed by atoms with van der Waals surface area (Å²) in [6, 6.07) is 10.8. The normalized spacial score (nSPS) is 18.3. The number of ether oxygens (including phenoxy) is 1. The van der Waals surface area contributed by atoms with Crippen LogP contribution in [0.4, 0.5) is 10.5 Å². The Morgan fingerprint density at radius 3 is 2.45 bits per heavy atom. The van der Waals surface area contributed by atoms with E-state index in [-0.39, 0.29) is 36.4 Å². The number of carboxylic acid groups (broad SMARTS) is 1. The van der Waals surface area contributed by atoms with Gasteiger partial charge in [-0.1, -0.05) is 35.3 Å². The van der Waals surface area contributed by atoms with Gasteiger partial charge in [-0.25, -0.2) is 4.79 Å². The summed E-state index contributed by atoms with van der Waals surface area (Å²) in [5, 5.41) is 13.0. The van der Waals surface area contributed by atoms with Crippen LogP contribution in [-0.4, -0.2) is 47.6 Å². The van der Waals surface area contributed by atoms with E-state index in [1.54, 1.807) is 18.2 Å². The van der Waals surface area contributed by atoms with Crippen LogP contribution in [-0.2, 0) is 9.59 Å². The molecular weight excluding hydrogens is 445 g/mol. The van der Waals surface area contributed by atoms with Crippen LogP contribution in [0, 0.1) is 5.92 Å². The van der Waals surface area contributed by atoms with E-state index in [2.05, 4.69) is 5.32 Å². The van der Waals surface area contributed by atoms with Gasteiger partial charge in [-0.3, -0.25) is 9.59 Å². The van der Waals surface area contributed by atoms with Crippen LogP contribution in [0.3, 0.4) is 0 Å². The number of nitrogens with one attached hydrogen (secondary N) is 1. The molecule has 1 fully saturated rings. The van der Waals surface area contributed by atoms with Crippen LogP contribution < -0.4 is 15.8 Å². The average molecular weight is 466 g/mol. The van der Waals surface area contributed by atoms with Gasteiger partial charge in [0.1, 0.15) is 5.75 Å². The molecule has 1 aliphatic rings. The van der Waals surface area contributed by atoms with Crippen molar-refractivity contribution in [3.8, 4) is 5.75 Å². The fourth-order valence-corrected chi connectivity index (χ4v) is 3.93. The minimum absolute atomic E-state index is 0.0673. The zero-order valence-corrected chi connectivity index (χ0v) is 17.9. The van der Waals surface area contributed by atoms with Crippen molar-refractivity contribution >= 4 is 46.8 Å². The van der Waals surface area contributed by atoms with Gasteiger partial charge in [-0.2, -0.15) is 0 Å². The number of anilines is 1. The fraction of sp³-hybridized carbons (Fsp3) is 0.286. The molecule has 2 unspecified atom stereocenters. The van der Waals surface area contributed by atoms with Crippen LogP contribution in [0.1, 0.15) is 17.9 Å². The Balaban J connectivity index is 1.66. The maximum Gasteiger partial charge on any atom is 0.316 e. The number of rotatable bonds is 6. The number of urea groups is 1. The third-order valence-electron chi connectivity index (χ3n) is 5.13. The standard InChI is InChI=1S/C21H21Cl2N3O5/c22-13-3-1-12(2-4-13)15-7-8-26(10-16(15)20(28)29)19(27)11-31-18-6-5-14(23)9-17(18)25-21(24)30/h1-6,9,15-16H,7-8,10-11H2,(H,28,29)(H3,24,25,30). The lowest BCUT2D eigenvalue weighted by Crippen LogP contribution is -2.47. The van der Waals surface area contributed by atoms with E-state index >= 15 is 0 Å². The molecule has 3 amide bonds. The maximum atomic E-state index is 12.7. The molecule has 10 heteroatoms. The minimum Gasteiger partial charge on any atom is -0.482 e. The zero-order chi connectivity index (χ0) is 22.5. The minimum atomic E-state index is -0.969. The smallest absolute Gasteiger partial charge is 0.316 e. The highest BCUT2D eigenvalue weighted by atomic mass is 35.5. The third kappa shape index (κ3) is 5.80. The quantitative estimate of drug-likeness (QED) is 0.601. The topological polar surface area (TPSA) is 122 Å². The molecule has 0 bridgehead atoms. The van der Waals surface area contributed by atoms with Crippen LogP contribution in [0.5, 0.6) is 5.75 Å². The molecule has 164 valence electrons. The second-order valence-corrected chi connectivity index (χ2v) is 8.02. The highest BCUT2D eigenvalue weighted by molar-refractivity contribution is 6.31. The third-order valence-corrected chi connectivity index (χ3v) is 5.62. The highest BCUT2D eigenvalue weighted by Crippen LogP contribution is 2.34. The lowest BCUT2D eigenvalue weighted by Gasteiger charge is -2.36. The summed E-state index contributed by atoms with van der Waals surface area (Å²) >= 11 is 11.8. The largest absolute Gasteiger partial charge is 0.482 e. The number of carbonyl (C=O) groups excluding carboxylic acids is 2. The molecule has 1 aliphatic heterocycles. The number of carboxylic acids is 1. The van der Waals surface area contributed by atoms with E-state index in [0.717, 1.165) is 5.56 Å². The van der Waals surface area contributed by atoms with Gasteiger partial charge in [0.15, 0.2) is 6.61 Å². The van der Waals surface area contributed by atoms with Crippen molar-refractivity contribution in [2.45, 2.75) is 12.3 Å². The van der Waals surface area contributed by atoms with Crippen LogP contribution in [0.25, 0.3) is 0 Å². The molecule has 2 aromatic rings. The molecule has 31 heavy (non-hydrogen) atoms. The molecule has 2 aromatic carbocycles. The molecule has 3 rings (SSSR count). The average Bonchev–Trinajstić information content (AvgIpc) is 2.72. The van der Waals surface area contributed by atoms with Gasteiger partial charge in [-0.15, -0.1) is 0 Å². The summed E-state index contributed by atoms with van der Waals surface area (Å²) in [5.41, 5.74) is 6.25. The van der Waals surface area contributed by atoms with E-state index in [9.17, 15) is 19.5 Å². The van der Waals surface area contributed by atoms with Gasteiger partial charge < -0.3 is 25.8 Å². The van der Waals surface area contributed by atoms with Crippen molar-refractivity contribution in [1.29, 1.82) is 0 Å². The van der Waals surface area contributed by atoms with Crippen molar-refractivity contribution in [3.05, 3.63) is 58.1 Å². The molecule has 2 atom stereocenters. The fourth-order valence-electron chi connectivity index (χ4n) is 3.63. The van der Waals surface area contributed by atoms with E-state index < -0.39 is 17.9 Å². The Bertz CT molecular complexity index is 983. The summed E-state index contributed by atoms with van der Waals surface area (Å²) in [4.78, 5) is 37.2. The van der Waals surface area contributed by atoms with Crippen LogP contribution in [0.2, 0.25) is 10.0 Å². The van der Waals surface area contributed by atoms with E-state index in [1.807, 2.05) is 12.1 Å². The number of amides is 3. The molecular formula is C21H21Cl2N3O5.